The van der Waals surface area contributed by atoms with Gasteiger partial charge in [-0.2, -0.15) is 0 Å². The Hall–Kier alpha value is -0.260. The molecule has 0 radical (unpaired) electrons. The van der Waals surface area contributed by atoms with Crippen LogP contribution in [0.1, 0.15) is 32.6 Å². The summed E-state index contributed by atoms with van der Waals surface area (Å²) in [5.41, 5.74) is 0.110. The molecule has 128 valence electrons. The van der Waals surface area contributed by atoms with Crippen molar-refractivity contribution in [1.29, 1.82) is 0 Å². The molecule has 0 saturated carbocycles. The molecule has 0 aliphatic carbocycles. The summed E-state index contributed by atoms with van der Waals surface area (Å²) >= 11 is 29.4. The third-order valence-electron chi connectivity index (χ3n) is 2.73. The van der Waals surface area contributed by atoms with E-state index in [0.29, 0.717) is 5.02 Å². The van der Waals surface area contributed by atoms with Gasteiger partial charge >= 0.3 is 10.4 Å². The van der Waals surface area contributed by atoms with Gasteiger partial charge in [0.2, 0.25) is 0 Å². The van der Waals surface area contributed by atoms with Crippen molar-refractivity contribution in [3.63, 3.8) is 0 Å². The summed E-state index contributed by atoms with van der Waals surface area (Å²) in [4.78, 5) is 11.8. The number of esters is 1. The van der Waals surface area contributed by atoms with E-state index in [-0.39, 0.29) is 22.3 Å². The number of rotatable bonds is 8. The SMILES string of the molecule is CCCCCCOC(=O)C(Cl)(Cl)N=Nc1c(Cl)cc(Cl)cc1Cl. The molecule has 1 aromatic carbocycles. The Morgan fingerprint density at radius 3 is 2.30 bits per heavy atom. The van der Waals surface area contributed by atoms with Crippen molar-refractivity contribution < 1.29 is 9.53 Å². The monoisotopic (exact) mass is 418 g/mol. The van der Waals surface area contributed by atoms with Crippen molar-refractivity contribution in [2.75, 3.05) is 6.61 Å². The van der Waals surface area contributed by atoms with E-state index in [0.717, 1.165) is 25.7 Å². The number of hydrogen-bond acceptors (Lipinski definition) is 4. The number of azo groups is 1. The average molecular weight is 421 g/mol. The summed E-state index contributed by atoms with van der Waals surface area (Å²) in [6.45, 7) is 2.31. The van der Waals surface area contributed by atoms with Gasteiger partial charge in [-0.15, -0.1) is 10.2 Å². The Balaban J connectivity index is 2.68. The van der Waals surface area contributed by atoms with E-state index in [2.05, 4.69) is 17.2 Å². The Morgan fingerprint density at radius 1 is 1.13 bits per heavy atom. The molecular weight excluding hydrogens is 405 g/mol. The maximum Gasteiger partial charge on any atom is 0.367 e. The van der Waals surface area contributed by atoms with Crippen LogP contribution in [0.15, 0.2) is 22.4 Å². The number of unbranched alkanes of at least 4 members (excludes halogenated alkanes) is 3. The van der Waals surface area contributed by atoms with E-state index >= 15 is 0 Å². The molecular formula is C14H15Cl5N2O2. The fraction of sp³-hybridized carbons (Fsp3) is 0.500. The second-order valence-corrected chi connectivity index (χ2v) is 7.19. The smallest absolute Gasteiger partial charge is 0.367 e. The molecule has 23 heavy (non-hydrogen) atoms. The highest BCUT2D eigenvalue weighted by Gasteiger charge is 2.36. The van der Waals surface area contributed by atoms with Gasteiger partial charge in [-0.3, -0.25) is 0 Å². The number of ether oxygens (including phenoxy) is 1. The summed E-state index contributed by atoms with van der Waals surface area (Å²) in [6, 6.07) is 2.86. The standard InChI is InChI=1S/C14H15Cl5N2O2/c1-2-3-4-5-6-23-13(22)14(18,19)21-20-12-10(16)7-9(15)8-11(12)17/h7-8H,2-6H2,1H3. The van der Waals surface area contributed by atoms with Crippen LogP contribution in [0.25, 0.3) is 0 Å². The van der Waals surface area contributed by atoms with Crippen molar-refractivity contribution in [3.05, 3.63) is 27.2 Å². The van der Waals surface area contributed by atoms with Crippen LogP contribution in [0, 0.1) is 0 Å². The van der Waals surface area contributed by atoms with Gasteiger partial charge in [0.1, 0.15) is 5.69 Å². The Morgan fingerprint density at radius 2 is 1.74 bits per heavy atom. The highest BCUT2D eigenvalue weighted by atomic mass is 35.5. The third-order valence-corrected chi connectivity index (χ3v) is 3.99. The van der Waals surface area contributed by atoms with Crippen LogP contribution in [-0.4, -0.2) is 17.0 Å². The molecule has 0 spiro atoms. The maximum atomic E-state index is 11.8. The van der Waals surface area contributed by atoms with Crippen LogP contribution >= 0.6 is 58.0 Å². The fourth-order valence-corrected chi connectivity index (χ4v) is 2.64. The van der Waals surface area contributed by atoms with Crippen LogP contribution in [0.4, 0.5) is 5.69 Å². The zero-order valence-corrected chi connectivity index (χ0v) is 16.1. The molecule has 0 aliphatic rings. The molecule has 1 rings (SSSR count). The van der Waals surface area contributed by atoms with Crippen molar-refractivity contribution in [2.45, 2.75) is 37.1 Å². The summed E-state index contributed by atoms with van der Waals surface area (Å²) in [5.74, 6) is -0.901. The molecule has 4 nitrogen and oxygen atoms in total. The van der Waals surface area contributed by atoms with Crippen molar-refractivity contribution >= 4 is 69.7 Å². The predicted octanol–water partition coefficient (Wildman–Crippen LogP) is 6.99. The van der Waals surface area contributed by atoms with Gasteiger partial charge < -0.3 is 4.74 Å². The van der Waals surface area contributed by atoms with Crippen LogP contribution < -0.4 is 0 Å². The molecule has 0 atom stereocenters. The highest BCUT2D eigenvalue weighted by molar-refractivity contribution is 6.57. The molecule has 0 amide bonds. The first-order chi connectivity index (χ1) is 10.8. The molecule has 0 N–H and O–H groups in total. The van der Waals surface area contributed by atoms with Gasteiger partial charge in [-0.05, 0) is 18.6 Å². The van der Waals surface area contributed by atoms with Crippen LogP contribution in [0.3, 0.4) is 0 Å². The zero-order chi connectivity index (χ0) is 17.5. The van der Waals surface area contributed by atoms with E-state index < -0.39 is 10.4 Å². The first kappa shape index (κ1) is 20.8. The zero-order valence-electron chi connectivity index (χ0n) is 12.3. The van der Waals surface area contributed by atoms with E-state index in [1.165, 1.54) is 12.1 Å². The van der Waals surface area contributed by atoms with E-state index in [1.54, 1.807) is 0 Å². The molecule has 1 aromatic rings. The third kappa shape index (κ3) is 7.02. The number of hydrogen-bond donors (Lipinski definition) is 0. The topological polar surface area (TPSA) is 51.0 Å². The van der Waals surface area contributed by atoms with Crippen LogP contribution in [0.2, 0.25) is 15.1 Å². The van der Waals surface area contributed by atoms with Gasteiger partial charge in [-0.25, -0.2) is 4.79 Å². The number of carbonyl (C=O) groups is 1. The Kier molecular flexibility index (Phi) is 8.94. The van der Waals surface area contributed by atoms with E-state index in [9.17, 15) is 4.79 Å². The second-order valence-electron chi connectivity index (χ2n) is 4.66. The molecule has 0 aromatic heterocycles. The van der Waals surface area contributed by atoms with E-state index in [4.69, 9.17) is 62.7 Å². The van der Waals surface area contributed by atoms with Crippen molar-refractivity contribution in [2.24, 2.45) is 10.2 Å². The normalized spacial score (nSPS) is 11.9. The maximum absolute atomic E-state index is 11.8. The summed E-state index contributed by atoms with van der Waals surface area (Å²) in [7, 11) is 0. The Bertz CT molecular complexity index is 555. The second kappa shape index (κ2) is 9.90. The van der Waals surface area contributed by atoms with Crippen LogP contribution in [-0.2, 0) is 9.53 Å². The van der Waals surface area contributed by atoms with E-state index in [1.807, 2.05) is 0 Å². The number of carbonyl (C=O) groups excluding carboxylic acids is 1. The number of halogens is 5. The first-order valence-corrected chi connectivity index (χ1v) is 8.79. The molecule has 0 bridgehead atoms. The number of benzene rings is 1. The predicted molar refractivity (Wildman–Crippen MR) is 95.5 cm³/mol. The number of nitrogens with zero attached hydrogens (tertiary/aromatic N) is 2. The first-order valence-electron chi connectivity index (χ1n) is 6.90. The van der Waals surface area contributed by atoms with Crippen molar-refractivity contribution in [3.8, 4) is 0 Å². The summed E-state index contributed by atoms with van der Waals surface area (Å²) in [6.07, 6.45) is 3.84. The molecule has 9 heteroatoms. The summed E-state index contributed by atoms with van der Waals surface area (Å²) in [5, 5.41) is 7.95. The van der Waals surface area contributed by atoms with Gasteiger partial charge in [-0.1, -0.05) is 84.2 Å². The van der Waals surface area contributed by atoms with Gasteiger partial charge in [0.15, 0.2) is 0 Å². The van der Waals surface area contributed by atoms with Crippen LogP contribution in [0.5, 0.6) is 0 Å². The minimum atomic E-state index is -2.17. The molecule has 0 heterocycles. The minimum absolute atomic E-state index is 0.110. The molecule has 0 fully saturated rings. The minimum Gasteiger partial charge on any atom is -0.462 e. The van der Waals surface area contributed by atoms with Crippen molar-refractivity contribution in [1.82, 2.24) is 0 Å². The lowest BCUT2D eigenvalue weighted by Gasteiger charge is -2.12. The van der Waals surface area contributed by atoms with Gasteiger partial charge in [0.05, 0.1) is 16.7 Å². The lowest BCUT2D eigenvalue weighted by Crippen LogP contribution is -2.26. The highest BCUT2D eigenvalue weighted by Crippen LogP contribution is 2.37. The quantitative estimate of drug-likeness (QED) is 0.150. The lowest BCUT2D eigenvalue weighted by molar-refractivity contribution is -0.144. The largest absolute Gasteiger partial charge is 0.462 e. The molecule has 0 saturated heterocycles. The van der Waals surface area contributed by atoms with Gasteiger partial charge in [0.25, 0.3) is 0 Å². The summed E-state index contributed by atoms with van der Waals surface area (Å²) < 4.78 is 2.81. The molecule has 0 aliphatic heterocycles. The lowest BCUT2D eigenvalue weighted by atomic mass is 10.2. The number of alkyl halides is 2. The molecule has 0 unspecified atom stereocenters. The average Bonchev–Trinajstić information content (AvgIpc) is 2.45. The Labute approximate surface area is 160 Å². The fourth-order valence-electron chi connectivity index (χ4n) is 1.56. The van der Waals surface area contributed by atoms with Gasteiger partial charge in [0, 0.05) is 5.02 Å².